The Morgan fingerprint density at radius 3 is 2.57 bits per heavy atom. The molecule has 4 rings (SSSR count). The zero-order valence-electron chi connectivity index (χ0n) is 16.2. The lowest BCUT2D eigenvalue weighted by Gasteiger charge is -2.32. The fourth-order valence-corrected chi connectivity index (χ4v) is 3.49. The zero-order chi connectivity index (χ0) is 19.3. The molecule has 0 bridgehead atoms. The second-order valence-electron chi connectivity index (χ2n) is 7.10. The molecule has 148 valence electrons. The van der Waals surface area contributed by atoms with Crippen LogP contribution in [0.1, 0.15) is 10.5 Å². The van der Waals surface area contributed by atoms with Crippen LogP contribution in [-0.2, 0) is 4.74 Å². The number of rotatable bonds is 4. The molecule has 2 aliphatic heterocycles. The molecule has 8 heteroatoms. The van der Waals surface area contributed by atoms with Gasteiger partial charge in [0.1, 0.15) is 5.69 Å². The highest BCUT2D eigenvalue weighted by atomic mass is 16.5. The van der Waals surface area contributed by atoms with Crippen molar-refractivity contribution in [3.8, 4) is 0 Å². The number of nitrogens with zero attached hydrogens (tertiary/aromatic N) is 5. The minimum atomic E-state index is -0.0417. The van der Waals surface area contributed by atoms with E-state index in [4.69, 9.17) is 4.74 Å². The van der Waals surface area contributed by atoms with Crippen molar-refractivity contribution in [3.63, 3.8) is 0 Å². The Bertz CT molecular complexity index is 816. The first-order valence-corrected chi connectivity index (χ1v) is 9.70. The Morgan fingerprint density at radius 2 is 1.79 bits per heavy atom. The molecular formula is C20H26N6O2. The Morgan fingerprint density at radius 1 is 1.04 bits per heavy atom. The number of hydrogen-bond acceptors (Lipinski definition) is 7. The van der Waals surface area contributed by atoms with Crippen LogP contribution in [0.2, 0.25) is 0 Å². The molecule has 0 unspecified atom stereocenters. The molecule has 0 atom stereocenters. The lowest BCUT2D eigenvalue weighted by Crippen LogP contribution is -2.47. The number of nitrogens with one attached hydrogen (secondary N) is 1. The van der Waals surface area contributed by atoms with Crippen LogP contribution in [0.4, 0.5) is 17.3 Å². The van der Waals surface area contributed by atoms with Crippen molar-refractivity contribution in [1.29, 1.82) is 0 Å². The maximum atomic E-state index is 12.8. The van der Waals surface area contributed by atoms with E-state index in [0.717, 1.165) is 63.9 Å². The Labute approximate surface area is 165 Å². The first-order valence-electron chi connectivity index (χ1n) is 9.70. The van der Waals surface area contributed by atoms with E-state index in [9.17, 15) is 4.79 Å². The van der Waals surface area contributed by atoms with Gasteiger partial charge < -0.3 is 24.8 Å². The van der Waals surface area contributed by atoms with Gasteiger partial charge in [-0.15, -0.1) is 0 Å². The summed E-state index contributed by atoms with van der Waals surface area (Å²) in [5, 5.41) is 3.29. The number of amides is 1. The first-order chi connectivity index (χ1) is 13.7. The molecule has 28 heavy (non-hydrogen) atoms. The van der Waals surface area contributed by atoms with E-state index in [1.807, 2.05) is 23.1 Å². The summed E-state index contributed by atoms with van der Waals surface area (Å²) >= 11 is 0. The van der Waals surface area contributed by atoms with Crippen LogP contribution in [-0.4, -0.2) is 85.2 Å². The van der Waals surface area contributed by atoms with E-state index in [2.05, 4.69) is 38.2 Å². The van der Waals surface area contributed by atoms with Gasteiger partial charge in [0, 0.05) is 45.5 Å². The fourth-order valence-electron chi connectivity index (χ4n) is 3.49. The normalized spacial score (nSPS) is 18.2. The number of piperazine rings is 1. The van der Waals surface area contributed by atoms with Gasteiger partial charge in [-0.25, -0.2) is 9.97 Å². The van der Waals surface area contributed by atoms with Gasteiger partial charge in [0.15, 0.2) is 0 Å². The molecule has 0 aliphatic carbocycles. The average molecular weight is 382 g/mol. The molecule has 1 aromatic carbocycles. The maximum Gasteiger partial charge on any atom is 0.272 e. The van der Waals surface area contributed by atoms with Crippen molar-refractivity contribution in [2.45, 2.75) is 0 Å². The average Bonchev–Trinajstić information content (AvgIpc) is 2.75. The van der Waals surface area contributed by atoms with Crippen molar-refractivity contribution >= 4 is 23.2 Å². The quantitative estimate of drug-likeness (QED) is 0.858. The van der Waals surface area contributed by atoms with E-state index in [1.54, 1.807) is 12.3 Å². The topological polar surface area (TPSA) is 73.8 Å². The SMILES string of the molecule is CN1CCN(C(=O)c2ccnc(Nc3ccccc3N3CCOCC3)n2)CC1. The smallest absolute Gasteiger partial charge is 0.272 e. The fraction of sp³-hybridized carbons (Fsp3) is 0.450. The number of aromatic nitrogens is 2. The van der Waals surface area contributed by atoms with E-state index in [1.165, 1.54) is 0 Å². The van der Waals surface area contributed by atoms with Crippen molar-refractivity contribution < 1.29 is 9.53 Å². The molecule has 1 amide bonds. The molecule has 0 saturated carbocycles. The number of likely N-dealkylation sites (N-methyl/N-ethyl adjacent to an activating group) is 1. The van der Waals surface area contributed by atoms with Gasteiger partial charge in [-0.05, 0) is 25.2 Å². The second kappa shape index (κ2) is 8.53. The molecule has 0 radical (unpaired) electrons. The summed E-state index contributed by atoms with van der Waals surface area (Å²) in [6, 6.07) is 9.76. The van der Waals surface area contributed by atoms with Gasteiger partial charge in [0.2, 0.25) is 5.95 Å². The third kappa shape index (κ3) is 4.23. The summed E-state index contributed by atoms with van der Waals surface area (Å²) in [4.78, 5) is 27.9. The molecule has 2 aliphatic rings. The van der Waals surface area contributed by atoms with Crippen LogP contribution >= 0.6 is 0 Å². The number of para-hydroxylation sites is 2. The van der Waals surface area contributed by atoms with Crippen LogP contribution in [0.15, 0.2) is 36.5 Å². The molecule has 8 nitrogen and oxygen atoms in total. The number of carbonyl (C=O) groups excluding carboxylic acids is 1. The second-order valence-corrected chi connectivity index (χ2v) is 7.10. The van der Waals surface area contributed by atoms with Gasteiger partial charge in [-0.1, -0.05) is 12.1 Å². The van der Waals surface area contributed by atoms with Gasteiger partial charge in [0.25, 0.3) is 5.91 Å². The summed E-state index contributed by atoms with van der Waals surface area (Å²) in [6.07, 6.45) is 1.63. The van der Waals surface area contributed by atoms with Crippen molar-refractivity contribution in [3.05, 3.63) is 42.2 Å². The van der Waals surface area contributed by atoms with Gasteiger partial charge in [0.05, 0.1) is 24.6 Å². The predicted octanol–water partition coefficient (Wildman–Crippen LogP) is 1.44. The van der Waals surface area contributed by atoms with Crippen molar-refractivity contribution in [2.24, 2.45) is 0 Å². The number of anilines is 3. The number of benzene rings is 1. The number of carbonyl (C=O) groups is 1. The summed E-state index contributed by atoms with van der Waals surface area (Å²) in [5.41, 5.74) is 2.43. The molecule has 1 N–H and O–H groups in total. The monoisotopic (exact) mass is 382 g/mol. The number of hydrogen-bond donors (Lipinski definition) is 1. The molecule has 2 saturated heterocycles. The third-order valence-electron chi connectivity index (χ3n) is 5.17. The minimum Gasteiger partial charge on any atom is -0.378 e. The maximum absolute atomic E-state index is 12.8. The van der Waals surface area contributed by atoms with E-state index < -0.39 is 0 Å². The lowest BCUT2D eigenvalue weighted by molar-refractivity contribution is 0.0658. The van der Waals surface area contributed by atoms with Gasteiger partial charge in [-0.3, -0.25) is 4.79 Å². The van der Waals surface area contributed by atoms with Gasteiger partial charge >= 0.3 is 0 Å². The van der Waals surface area contributed by atoms with Crippen LogP contribution in [0, 0.1) is 0 Å². The minimum absolute atomic E-state index is 0.0417. The van der Waals surface area contributed by atoms with Crippen LogP contribution in [0.5, 0.6) is 0 Å². The van der Waals surface area contributed by atoms with Crippen LogP contribution in [0.25, 0.3) is 0 Å². The Kier molecular flexibility index (Phi) is 5.68. The summed E-state index contributed by atoms with van der Waals surface area (Å²) < 4.78 is 5.45. The van der Waals surface area contributed by atoms with Crippen molar-refractivity contribution in [2.75, 3.05) is 69.7 Å². The first kappa shape index (κ1) is 18.6. The summed E-state index contributed by atoms with van der Waals surface area (Å²) in [7, 11) is 2.07. The summed E-state index contributed by atoms with van der Waals surface area (Å²) in [6.45, 7) is 6.36. The highest BCUT2D eigenvalue weighted by Gasteiger charge is 2.22. The standard InChI is InChI=1S/C20H26N6O2/c1-24-8-10-26(11-9-24)19(27)17-6-7-21-20(23-17)22-16-4-2-3-5-18(16)25-12-14-28-15-13-25/h2-7H,8-15H2,1H3,(H,21,22,23). The molecular weight excluding hydrogens is 356 g/mol. The predicted molar refractivity (Wildman–Crippen MR) is 108 cm³/mol. The lowest BCUT2D eigenvalue weighted by atomic mass is 10.2. The zero-order valence-corrected chi connectivity index (χ0v) is 16.2. The van der Waals surface area contributed by atoms with E-state index >= 15 is 0 Å². The highest BCUT2D eigenvalue weighted by molar-refractivity contribution is 5.92. The highest BCUT2D eigenvalue weighted by Crippen LogP contribution is 2.28. The molecule has 2 aromatic rings. The third-order valence-corrected chi connectivity index (χ3v) is 5.17. The molecule has 1 aromatic heterocycles. The number of morpholine rings is 1. The van der Waals surface area contributed by atoms with E-state index in [-0.39, 0.29) is 5.91 Å². The molecule has 2 fully saturated rings. The van der Waals surface area contributed by atoms with Crippen LogP contribution < -0.4 is 10.2 Å². The van der Waals surface area contributed by atoms with Crippen molar-refractivity contribution in [1.82, 2.24) is 19.8 Å². The number of ether oxygens (including phenoxy) is 1. The van der Waals surface area contributed by atoms with Gasteiger partial charge in [-0.2, -0.15) is 0 Å². The Hall–Kier alpha value is -2.71. The molecule has 0 spiro atoms. The molecule has 3 heterocycles. The Balaban J connectivity index is 1.50. The summed E-state index contributed by atoms with van der Waals surface area (Å²) in [5.74, 6) is 0.390. The van der Waals surface area contributed by atoms with E-state index in [0.29, 0.717) is 11.6 Å². The van der Waals surface area contributed by atoms with Crippen LogP contribution in [0.3, 0.4) is 0 Å². The largest absolute Gasteiger partial charge is 0.378 e.